The monoisotopic (exact) mass is 325 g/mol. The van der Waals surface area contributed by atoms with Crippen LogP contribution in [0, 0.1) is 0 Å². The Hall–Kier alpha value is -1.91. The van der Waals surface area contributed by atoms with Crippen molar-refractivity contribution in [2.45, 2.75) is 0 Å². The third-order valence-electron chi connectivity index (χ3n) is 2.59. The van der Waals surface area contributed by atoms with Gasteiger partial charge in [0.1, 0.15) is 24.7 Å². The number of nitrogens with zero attached hydrogens (tertiary/aromatic N) is 1. The van der Waals surface area contributed by atoms with Crippen LogP contribution in [-0.2, 0) is 0 Å². The van der Waals surface area contributed by atoms with Crippen LogP contribution in [0.15, 0.2) is 47.6 Å². The normalized spacial score (nSPS) is 10.8. The largest absolute Gasteiger partial charge is 0.490 e. The van der Waals surface area contributed by atoms with E-state index in [-0.39, 0.29) is 0 Å². The first-order chi connectivity index (χ1) is 10.2. The molecule has 21 heavy (non-hydrogen) atoms. The van der Waals surface area contributed by atoms with Crippen molar-refractivity contribution in [3.63, 3.8) is 0 Å². The molecule has 0 atom stereocenters. The van der Waals surface area contributed by atoms with Gasteiger partial charge >= 0.3 is 0 Å². The van der Waals surface area contributed by atoms with Crippen LogP contribution in [0.4, 0.5) is 0 Å². The van der Waals surface area contributed by atoms with Crippen LogP contribution < -0.4 is 9.47 Å². The smallest absolute Gasteiger partial charge is 0.128 e. The summed E-state index contributed by atoms with van der Waals surface area (Å²) in [5.41, 5.74) is 0.594. The highest BCUT2D eigenvalue weighted by Gasteiger charge is 2.03. The van der Waals surface area contributed by atoms with Crippen molar-refractivity contribution in [2.75, 3.05) is 13.2 Å². The van der Waals surface area contributed by atoms with Crippen LogP contribution in [0.3, 0.4) is 0 Å². The molecule has 2 aromatic carbocycles. The van der Waals surface area contributed by atoms with E-state index in [1.165, 1.54) is 6.21 Å². The average Bonchev–Trinajstić information content (AvgIpc) is 2.48. The Morgan fingerprint density at radius 1 is 0.952 bits per heavy atom. The zero-order chi connectivity index (χ0) is 15.1. The highest BCUT2D eigenvalue weighted by molar-refractivity contribution is 6.31. The van der Waals surface area contributed by atoms with Gasteiger partial charge in [-0.1, -0.05) is 28.4 Å². The van der Waals surface area contributed by atoms with Crippen molar-refractivity contribution in [1.82, 2.24) is 0 Å². The lowest BCUT2D eigenvalue weighted by atomic mass is 10.2. The van der Waals surface area contributed by atoms with Gasteiger partial charge in [0.15, 0.2) is 0 Å². The standard InChI is InChI=1S/C15H13Cl2NO3/c16-12-1-4-14(5-2-12)20-7-8-21-15-6-3-13(17)9-11(15)10-18-19/h1-6,9-10,19H,7-8H2/b18-10+. The van der Waals surface area contributed by atoms with Crippen LogP contribution in [-0.4, -0.2) is 24.6 Å². The van der Waals surface area contributed by atoms with Gasteiger partial charge in [-0.2, -0.15) is 0 Å². The second-order valence-electron chi connectivity index (χ2n) is 4.08. The van der Waals surface area contributed by atoms with E-state index in [0.29, 0.717) is 34.6 Å². The minimum atomic E-state index is 0.344. The van der Waals surface area contributed by atoms with Crippen molar-refractivity contribution in [2.24, 2.45) is 5.16 Å². The molecule has 0 fully saturated rings. The van der Waals surface area contributed by atoms with E-state index >= 15 is 0 Å². The fourth-order valence-electron chi connectivity index (χ4n) is 1.66. The molecule has 0 amide bonds. The van der Waals surface area contributed by atoms with Crippen LogP contribution in [0.2, 0.25) is 10.0 Å². The molecule has 0 aromatic heterocycles. The number of rotatable bonds is 6. The number of oxime groups is 1. The molecule has 0 aliphatic rings. The first kappa shape index (κ1) is 15.5. The van der Waals surface area contributed by atoms with Crippen LogP contribution in [0.25, 0.3) is 0 Å². The number of halogens is 2. The molecule has 2 rings (SSSR count). The summed E-state index contributed by atoms with van der Waals surface area (Å²) >= 11 is 11.7. The Morgan fingerprint density at radius 2 is 1.62 bits per heavy atom. The summed E-state index contributed by atoms with van der Waals surface area (Å²) in [7, 11) is 0. The Kier molecular flexibility index (Phi) is 5.72. The molecular weight excluding hydrogens is 313 g/mol. The molecular formula is C15H13Cl2NO3. The Labute approximate surface area is 132 Å². The third-order valence-corrected chi connectivity index (χ3v) is 3.08. The Bertz CT molecular complexity index is 615. The Morgan fingerprint density at radius 3 is 2.33 bits per heavy atom. The molecule has 1 N–H and O–H groups in total. The van der Waals surface area contributed by atoms with Crippen LogP contribution in [0.5, 0.6) is 11.5 Å². The maximum atomic E-state index is 8.61. The van der Waals surface area contributed by atoms with Crippen molar-refractivity contribution in [1.29, 1.82) is 0 Å². The molecule has 0 saturated carbocycles. The quantitative estimate of drug-likeness (QED) is 0.373. The lowest BCUT2D eigenvalue weighted by Crippen LogP contribution is -2.10. The maximum Gasteiger partial charge on any atom is 0.128 e. The van der Waals surface area contributed by atoms with E-state index in [0.717, 1.165) is 5.75 Å². The second kappa shape index (κ2) is 7.76. The van der Waals surface area contributed by atoms with Gasteiger partial charge in [-0.25, -0.2) is 0 Å². The van der Waals surface area contributed by atoms with Crippen molar-refractivity contribution < 1.29 is 14.7 Å². The third kappa shape index (κ3) is 4.85. The molecule has 0 spiro atoms. The SMILES string of the molecule is O/N=C/c1cc(Cl)ccc1OCCOc1ccc(Cl)cc1. The van der Waals surface area contributed by atoms with E-state index in [4.69, 9.17) is 37.9 Å². The molecule has 0 unspecified atom stereocenters. The molecule has 0 aliphatic carbocycles. The minimum Gasteiger partial charge on any atom is -0.490 e. The summed E-state index contributed by atoms with van der Waals surface area (Å²) < 4.78 is 11.1. The summed E-state index contributed by atoms with van der Waals surface area (Å²) in [6, 6.07) is 12.1. The summed E-state index contributed by atoms with van der Waals surface area (Å²) in [4.78, 5) is 0. The van der Waals surface area contributed by atoms with E-state index in [1.54, 1.807) is 42.5 Å². The van der Waals surface area contributed by atoms with E-state index in [2.05, 4.69) is 5.16 Å². The Balaban J connectivity index is 1.87. The lowest BCUT2D eigenvalue weighted by Gasteiger charge is -2.10. The van der Waals surface area contributed by atoms with Crippen LogP contribution in [0.1, 0.15) is 5.56 Å². The molecule has 0 bridgehead atoms. The molecule has 4 nitrogen and oxygen atoms in total. The highest BCUT2D eigenvalue weighted by Crippen LogP contribution is 2.21. The molecule has 0 radical (unpaired) electrons. The number of hydrogen-bond donors (Lipinski definition) is 1. The number of hydrogen-bond acceptors (Lipinski definition) is 4. The van der Waals surface area contributed by atoms with E-state index in [1.807, 2.05) is 0 Å². The van der Waals surface area contributed by atoms with Gasteiger partial charge in [-0.15, -0.1) is 0 Å². The van der Waals surface area contributed by atoms with Crippen LogP contribution >= 0.6 is 23.2 Å². The van der Waals surface area contributed by atoms with Gasteiger partial charge in [0.2, 0.25) is 0 Å². The first-order valence-corrected chi connectivity index (χ1v) is 6.93. The number of ether oxygens (including phenoxy) is 2. The lowest BCUT2D eigenvalue weighted by molar-refractivity contribution is 0.217. The van der Waals surface area contributed by atoms with Gasteiger partial charge in [-0.3, -0.25) is 0 Å². The van der Waals surface area contributed by atoms with Gasteiger partial charge in [0, 0.05) is 15.6 Å². The summed E-state index contributed by atoms with van der Waals surface area (Å²) in [5, 5.41) is 12.8. The predicted molar refractivity (Wildman–Crippen MR) is 83.3 cm³/mol. The highest BCUT2D eigenvalue weighted by atomic mass is 35.5. The summed E-state index contributed by atoms with van der Waals surface area (Å²) in [6.07, 6.45) is 1.27. The fourth-order valence-corrected chi connectivity index (χ4v) is 1.96. The van der Waals surface area contributed by atoms with Gasteiger partial charge < -0.3 is 14.7 Å². The summed E-state index contributed by atoms with van der Waals surface area (Å²) in [5.74, 6) is 1.29. The van der Waals surface area contributed by atoms with E-state index < -0.39 is 0 Å². The maximum absolute atomic E-state index is 8.61. The molecule has 0 heterocycles. The second-order valence-corrected chi connectivity index (χ2v) is 4.95. The van der Waals surface area contributed by atoms with Gasteiger partial charge in [-0.05, 0) is 42.5 Å². The molecule has 6 heteroatoms. The zero-order valence-electron chi connectivity index (χ0n) is 11.0. The number of benzene rings is 2. The predicted octanol–water partition coefficient (Wildman–Crippen LogP) is 4.26. The first-order valence-electron chi connectivity index (χ1n) is 6.17. The zero-order valence-corrected chi connectivity index (χ0v) is 12.5. The molecule has 2 aromatic rings. The average molecular weight is 326 g/mol. The fraction of sp³-hybridized carbons (Fsp3) is 0.133. The van der Waals surface area contributed by atoms with E-state index in [9.17, 15) is 0 Å². The topological polar surface area (TPSA) is 51.1 Å². The molecule has 0 aliphatic heterocycles. The van der Waals surface area contributed by atoms with Crippen molar-refractivity contribution in [3.8, 4) is 11.5 Å². The molecule has 110 valence electrons. The molecule has 0 saturated heterocycles. The minimum absolute atomic E-state index is 0.344. The summed E-state index contributed by atoms with van der Waals surface area (Å²) in [6.45, 7) is 0.719. The van der Waals surface area contributed by atoms with Crippen molar-refractivity contribution >= 4 is 29.4 Å². The van der Waals surface area contributed by atoms with Gasteiger partial charge in [0.25, 0.3) is 0 Å². The van der Waals surface area contributed by atoms with Crippen molar-refractivity contribution in [3.05, 3.63) is 58.1 Å². The van der Waals surface area contributed by atoms with Gasteiger partial charge in [0.05, 0.1) is 6.21 Å².